The van der Waals surface area contributed by atoms with Gasteiger partial charge in [0.2, 0.25) is 0 Å². The van der Waals surface area contributed by atoms with Gasteiger partial charge in [0.1, 0.15) is 17.9 Å². The van der Waals surface area contributed by atoms with Gasteiger partial charge in [-0.3, -0.25) is 4.79 Å². The van der Waals surface area contributed by atoms with E-state index in [4.69, 9.17) is 9.47 Å². The molecule has 0 unspecified atom stereocenters. The van der Waals surface area contributed by atoms with Crippen molar-refractivity contribution in [3.05, 3.63) is 23.5 Å². The van der Waals surface area contributed by atoms with Crippen LogP contribution in [0.15, 0.2) is 12.1 Å². The number of rotatable bonds is 2. The van der Waals surface area contributed by atoms with Crippen LogP contribution < -0.4 is 9.64 Å². The number of morpholine rings is 1. The Balaban J connectivity index is 1.92. The third-order valence-electron chi connectivity index (χ3n) is 4.22. The van der Waals surface area contributed by atoms with Gasteiger partial charge >= 0.3 is 0 Å². The molecule has 1 atom stereocenters. The third kappa shape index (κ3) is 2.31. The van der Waals surface area contributed by atoms with Crippen molar-refractivity contribution in [1.29, 1.82) is 0 Å². The molecular weight excluding hydrogens is 301 g/mol. The van der Waals surface area contributed by atoms with Crippen molar-refractivity contribution in [3.8, 4) is 5.88 Å². The minimum atomic E-state index is -0.497. The van der Waals surface area contributed by atoms with Crippen molar-refractivity contribution in [1.82, 2.24) is 9.97 Å². The predicted molar refractivity (Wildman–Crippen MR) is 81.6 cm³/mol. The van der Waals surface area contributed by atoms with Crippen molar-refractivity contribution in [2.75, 3.05) is 31.3 Å². The largest absolute Gasteiger partial charge is 0.473 e. The van der Waals surface area contributed by atoms with Crippen LogP contribution in [0.25, 0.3) is 11.0 Å². The van der Waals surface area contributed by atoms with Crippen LogP contribution in [0.5, 0.6) is 5.88 Å². The minimum absolute atomic E-state index is 0.0915. The first-order valence-corrected chi connectivity index (χ1v) is 7.69. The lowest BCUT2D eigenvalue weighted by Gasteiger charge is -2.39. The lowest BCUT2D eigenvalue weighted by atomic mass is 10.1. The first kappa shape index (κ1) is 14.3. The van der Waals surface area contributed by atoms with Crippen molar-refractivity contribution in [2.24, 2.45) is 0 Å². The smallest absolute Gasteiger partial charge is 0.258 e. The van der Waals surface area contributed by atoms with Gasteiger partial charge in [-0.25, -0.2) is 14.4 Å². The number of ether oxygens (including phenoxy) is 2. The lowest BCUT2D eigenvalue weighted by molar-refractivity contribution is 0.0686. The minimum Gasteiger partial charge on any atom is -0.473 e. The van der Waals surface area contributed by atoms with Gasteiger partial charge in [-0.05, 0) is 6.07 Å². The molecule has 3 heterocycles. The number of hydrogen-bond donors (Lipinski definition) is 0. The lowest BCUT2D eigenvalue weighted by Crippen LogP contribution is -2.51. The van der Waals surface area contributed by atoms with E-state index in [1.54, 1.807) is 6.92 Å². The zero-order valence-corrected chi connectivity index (χ0v) is 12.7. The molecule has 1 aromatic carbocycles. The Labute approximate surface area is 132 Å². The maximum atomic E-state index is 13.8. The summed E-state index contributed by atoms with van der Waals surface area (Å²) < 4.78 is 24.9. The molecule has 23 heavy (non-hydrogen) atoms. The molecule has 0 N–H and O–H groups in total. The molecular formula is C16H16FN3O3. The third-order valence-corrected chi connectivity index (χ3v) is 4.22. The normalized spacial score (nSPS) is 19.9. The number of anilines is 1. The highest BCUT2D eigenvalue weighted by atomic mass is 19.1. The van der Waals surface area contributed by atoms with Crippen LogP contribution in [0.4, 0.5) is 10.2 Å². The molecule has 1 fully saturated rings. The van der Waals surface area contributed by atoms with Gasteiger partial charge in [-0.15, -0.1) is 0 Å². The first-order valence-electron chi connectivity index (χ1n) is 7.69. The zero-order chi connectivity index (χ0) is 16.0. The van der Waals surface area contributed by atoms with Crippen LogP contribution in [0.2, 0.25) is 0 Å². The molecule has 0 amide bonds. The monoisotopic (exact) mass is 317 g/mol. The molecule has 0 saturated carbocycles. The fraction of sp³-hybridized carbons (Fsp3) is 0.438. The highest BCUT2D eigenvalue weighted by Crippen LogP contribution is 2.34. The fourth-order valence-electron chi connectivity index (χ4n) is 3.03. The molecule has 7 heteroatoms. The molecule has 1 saturated heterocycles. The fourth-order valence-corrected chi connectivity index (χ4v) is 3.03. The number of aromatic nitrogens is 2. The summed E-state index contributed by atoms with van der Waals surface area (Å²) in [6.07, 6.45) is 0.286. The van der Waals surface area contributed by atoms with E-state index in [1.807, 2.05) is 0 Å². The van der Waals surface area contributed by atoms with E-state index < -0.39 is 5.82 Å². The molecule has 1 aromatic heterocycles. The van der Waals surface area contributed by atoms with E-state index in [0.29, 0.717) is 49.1 Å². The second-order valence-electron chi connectivity index (χ2n) is 5.68. The summed E-state index contributed by atoms with van der Waals surface area (Å²) in [5.41, 5.74) is 1.04. The van der Waals surface area contributed by atoms with Gasteiger partial charge in [0.15, 0.2) is 11.6 Å². The molecule has 2 aromatic rings. The van der Waals surface area contributed by atoms with E-state index in [0.717, 1.165) is 0 Å². The quantitative estimate of drug-likeness (QED) is 0.789. The molecule has 0 aliphatic carbocycles. The molecule has 0 radical (unpaired) electrons. The van der Waals surface area contributed by atoms with E-state index in [9.17, 15) is 9.18 Å². The van der Waals surface area contributed by atoms with Crippen molar-refractivity contribution in [3.63, 3.8) is 0 Å². The number of benzene rings is 1. The molecule has 0 spiro atoms. The molecule has 0 bridgehead atoms. The van der Waals surface area contributed by atoms with Crippen LogP contribution in [0.3, 0.4) is 0 Å². The van der Waals surface area contributed by atoms with Crippen LogP contribution in [0, 0.1) is 5.82 Å². The van der Waals surface area contributed by atoms with E-state index in [2.05, 4.69) is 14.9 Å². The number of fused-ring (bicyclic) bond motifs is 4. The van der Waals surface area contributed by atoms with Gasteiger partial charge in [0.05, 0.1) is 24.8 Å². The zero-order valence-electron chi connectivity index (χ0n) is 12.7. The number of nitrogens with zero attached hydrogens (tertiary/aromatic N) is 3. The number of hydrogen-bond acceptors (Lipinski definition) is 6. The first-order chi connectivity index (χ1) is 11.2. The Hall–Kier alpha value is -2.28. The highest BCUT2D eigenvalue weighted by Gasteiger charge is 2.33. The molecule has 2 aliphatic heterocycles. The van der Waals surface area contributed by atoms with E-state index in [1.165, 1.54) is 12.1 Å². The van der Waals surface area contributed by atoms with Crippen LogP contribution >= 0.6 is 0 Å². The summed E-state index contributed by atoms with van der Waals surface area (Å²) in [6, 6.07) is 2.60. The Morgan fingerprint density at radius 1 is 1.39 bits per heavy atom. The Bertz CT molecular complexity index is 796. The molecule has 6 nitrogen and oxygen atoms in total. The second kappa shape index (κ2) is 5.42. The standard InChI is InChI=1S/C16H16FN3O3/c1-2-13(21)11-5-9(17)6-12-14(11)19-15-16(18-12)23-8-10-7-22-4-3-20(10)15/h5-6,10H,2-4,7-8H2,1H3/t10-/m0/s1. The van der Waals surface area contributed by atoms with Gasteiger partial charge < -0.3 is 14.4 Å². The molecule has 4 rings (SSSR count). The summed E-state index contributed by atoms with van der Waals surface area (Å²) in [6.45, 7) is 4.08. The maximum absolute atomic E-state index is 13.8. The van der Waals surface area contributed by atoms with Crippen LogP contribution in [-0.2, 0) is 4.74 Å². The Kier molecular flexibility index (Phi) is 3.37. The highest BCUT2D eigenvalue weighted by molar-refractivity contribution is 6.06. The number of carbonyl (C=O) groups is 1. The molecule has 2 aliphatic rings. The predicted octanol–water partition coefficient (Wildman–Crippen LogP) is 1.96. The van der Waals surface area contributed by atoms with Gasteiger partial charge in [0.25, 0.3) is 5.88 Å². The van der Waals surface area contributed by atoms with Crippen molar-refractivity contribution in [2.45, 2.75) is 19.4 Å². The summed E-state index contributed by atoms with van der Waals surface area (Å²) in [7, 11) is 0. The Morgan fingerprint density at radius 2 is 2.26 bits per heavy atom. The summed E-state index contributed by atoms with van der Waals surface area (Å²) in [5.74, 6) is 0.340. The van der Waals surface area contributed by atoms with Crippen molar-refractivity contribution < 1.29 is 18.7 Å². The maximum Gasteiger partial charge on any atom is 0.258 e. The van der Waals surface area contributed by atoms with Crippen molar-refractivity contribution >= 4 is 22.6 Å². The van der Waals surface area contributed by atoms with Gasteiger partial charge in [0, 0.05) is 24.6 Å². The number of carbonyl (C=O) groups excluding carboxylic acids is 1. The number of ketones is 1. The van der Waals surface area contributed by atoms with E-state index >= 15 is 0 Å². The molecule has 120 valence electrons. The van der Waals surface area contributed by atoms with E-state index in [-0.39, 0.29) is 23.8 Å². The van der Waals surface area contributed by atoms with Gasteiger partial charge in [-0.2, -0.15) is 0 Å². The van der Waals surface area contributed by atoms with Gasteiger partial charge in [-0.1, -0.05) is 6.92 Å². The summed E-state index contributed by atoms with van der Waals surface area (Å²) in [4.78, 5) is 23.2. The number of halogens is 1. The topological polar surface area (TPSA) is 64.6 Å². The number of Topliss-reactive ketones (excluding diaryl/α,β-unsaturated/α-hetero) is 1. The van der Waals surface area contributed by atoms with Crippen LogP contribution in [0.1, 0.15) is 23.7 Å². The van der Waals surface area contributed by atoms with Crippen LogP contribution in [-0.4, -0.2) is 48.2 Å². The summed E-state index contributed by atoms with van der Waals surface area (Å²) in [5, 5.41) is 0. The summed E-state index contributed by atoms with van der Waals surface area (Å²) >= 11 is 0. The Morgan fingerprint density at radius 3 is 3.09 bits per heavy atom. The average Bonchev–Trinajstić information content (AvgIpc) is 2.58. The SMILES string of the molecule is CCC(=O)c1cc(F)cc2nc3c(nc12)N1CCOC[C@H]1CO3. The average molecular weight is 317 g/mol. The second-order valence-corrected chi connectivity index (χ2v) is 5.68.